The highest BCUT2D eigenvalue weighted by Gasteiger charge is 2.13. The van der Waals surface area contributed by atoms with E-state index in [0.717, 1.165) is 0 Å². The van der Waals surface area contributed by atoms with Crippen molar-refractivity contribution in [2.75, 3.05) is 20.2 Å². The average Bonchev–Trinajstić information content (AvgIpc) is 2.43. The molecule has 19 heavy (non-hydrogen) atoms. The molecule has 0 saturated carbocycles. The summed E-state index contributed by atoms with van der Waals surface area (Å²) in [6, 6.07) is 4.13. The van der Waals surface area contributed by atoms with Gasteiger partial charge in [0.25, 0.3) is 11.6 Å². The maximum atomic E-state index is 11.6. The molecule has 7 heteroatoms. The maximum Gasteiger partial charge on any atom is 0.270 e. The monoisotopic (exact) mass is 267 g/mol. The molecule has 0 aromatic heterocycles. The zero-order chi connectivity index (χ0) is 14.4. The van der Waals surface area contributed by atoms with Gasteiger partial charge in [0.1, 0.15) is 5.75 Å². The van der Waals surface area contributed by atoms with Crippen LogP contribution in [0.3, 0.4) is 0 Å². The van der Waals surface area contributed by atoms with Gasteiger partial charge in [0.05, 0.1) is 4.92 Å². The Labute approximate surface area is 111 Å². The molecule has 0 bridgehead atoms. The van der Waals surface area contributed by atoms with Crippen molar-refractivity contribution in [1.82, 2.24) is 4.90 Å². The van der Waals surface area contributed by atoms with Crippen LogP contribution in [0, 0.1) is 10.1 Å². The summed E-state index contributed by atoms with van der Waals surface area (Å²) in [5, 5.41) is 10.6. The molecule has 0 unspecified atom stereocenters. The fourth-order valence-corrected chi connectivity index (χ4v) is 1.41. The van der Waals surface area contributed by atoms with Gasteiger partial charge in [-0.2, -0.15) is 0 Å². The zero-order valence-electron chi connectivity index (χ0n) is 11.0. The molecule has 0 heterocycles. The largest absolute Gasteiger partial charge is 0.483 e. The third kappa shape index (κ3) is 3.92. The quantitative estimate of drug-likeness (QED) is 0.610. The number of nitro groups is 1. The van der Waals surface area contributed by atoms with Gasteiger partial charge in [0, 0.05) is 37.8 Å². The first-order valence-electron chi connectivity index (χ1n) is 5.83. The Kier molecular flexibility index (Phi) is 5.25. The van der Waals surface area contributed by atoms with Crippen LogP contribution in [-0.4, -0.2) is 35.9 Å². The minimum absolute atomic E-state index is 0.0511. The summed E-state index contributed by atoms with van der Waals surface area (Å²) in [6.45, 7) is 2.44. The second-order valence-electron chi connectivity index (χ2n) is 3.95. The predicted molar refractivity (Wildman–Crippen MR) is 69.8 cm³/mol. The van der Waals surface area contributed by atoms with Gasteiger partial charge in [-0.25, -0.2) is 0 Å². The number of hydrogen-bond donors (Lipinski definition) is 1. The van der Waals surface area contributed by atoms with Crippen molar-refractivity contribution in [2.45, 2.75) is 13.5 Å². The van der Waals surface area contributed by atoms with Gasteiger partial charge in [-0.15, -0.1) is 0 Å². The summed E-state index contributed by atoms with van der Waals surface area (Å²) in [6.07, 6.45) is 0. The summed E-state index contributed by atoms with van der Waals surface area (Å²) in [5.41, 5.74) is 5.96. The topological polar surface area (TPSA) is 98.7 Å². The minimum Gasteiger partial charge on any atom is -0.483 e. The Morgan fingerprint density at radius 3 is 2.74 bits per heavy atom. The van der Waals surface area contributed by atoms with Gasteiger partial charge in [-0.05, 0) is 13.0 Å². The maximum absolute atomic E-state index is 11.6. The summed E-state index contributed by atoms with van der Waals surface area (Å²) in [5.74, 6) is 0.231. The number of hydrogen-bond acceptors (Lipinski definition) is 5. The van der Waals surface area contributed by atoms with Crippen LogP contribution < -0.4 is 10.5 Å². The molecular weight excluding hydrogens is 250 g/mol. The molecule has 1 rings (SSSR count). The Hall–Kier alpha value is -2.15. The number of nitrogens with two attached hydrogens (primary N) is 1. The van der Waals surface area contributed by atoms with Crippen molar-refractivity contribution in [3.63, 3.8) is 0 Å². The van der Waals surface area contributed by atoms with Crippen LogP contribution in [-0.2, 0) is 11.3 Å². The molecular formula is C12H17N3O4. The van der Waals surface area contributed by atoms with Gasteiger partial charge in [-0.1, -0.05) is 0 Å². The summed E-state index contributed by atoms with van der Waals surface area (Å²) >= 11 is 0. The number of carbonyl (C=O) groups is 1. The second-order valence-corrected chi connectivity index (χ2v) is 3.95. The van der Waals surface area contributed by atoms with Crippen LogP contribution in [0.25, 0.3) is 0 Å². The van der Waals surface area contributed by atoms with Crippen molar-refractivity contribution in [3.8, 4) is 5.75 Å². The molecule has 1 aromatic rings. The van der Waals surface area contributed by atoms with E-state index in [1.165, 1.54) is 23.1 Å². The molecule has 1 aromatic carbocycles. The molecule has 0 saturated heterocycles. The van der Waals surface area contributed by atoms with Crippen LogP contribution in [0.15, 0.2) is 18.2 Å². The Morgan fingerprint density at radius 1 is 1.53 bits per heavy atom. The number of nitro benzene ring substituents is 1. The van der Waals surface area contributed by atoms with E-state index in [1.54, 1.807) is 7.05 Å². The Bertz CT molecular complexity index is 476. The van der Waals surface area contributed by atoms with Gasteiger partial charge in [0.2, 0.25) is 0 Å². The fourth-order valence-electron chi connectivity index (χ4n) is 1.41. The number of nitrogens with zero attached hydrogens (tertiary/aromatic N) is 2. The van der Waals surface area contributed by atoms with Gasteiger partial charge in [-0.3, -0.25) is 14.9 Å². The lowest BCUT2D eigenvalue weighted by molar-refractivity contribution is -0.384. The SMILES string of the molecule is CCN(C)C(=O)COc1ccc([N+](=O)[O-])cc1CN. The van der Waals surface area contributed by atoms with E-state index in [9.17, 15) is 14.9 Å². The lowest BCUT2D eigenvalue weighted by Crippen LogP contribution is -2.31. The number of rotatable bonds is 6. The first-order chi connectivity index (χ1) is 8.99. The first-order valence-corrected chi connectivity index (χ1v) is 5.83. The van der Waals surface area contributed by atoms with Gasteiger partial charge < -0.3 is 15.4 Å². The van der Waals surface area contributed by atoms with Crippen LogP contribution in [0.2, 0.25) is 0 Å². The molecule has 0 atom stereocenters. The number of benzene rings is 1. The molecule has 7 nitrogen and oxygen atoms in total. The molecule has 104 valence electrons. The lowest BCUT2D eigenvalue weighted by atomic mass is 10.2. The average molecular weight is 267 g/mol. The summed E-state index contributed by atoms with van der Waals surface area (Å²) in [7, 11) is 1.67. The van der Waals surface area contributed by atoms with E-state index in [1.807, 2.05) is 6.92 Å². The van der Waals surface area contributed by atoms with E-state index >= 15 is 0 Å². The molecule has 0 fully saturated rings. The van der Waals surface area contributed by atoms with E-state index in [-0.39, 0.29) is 24.7 Å². The highest BCUT2D eigenvalue weighted by Crippen LogP contribution is 2.23. The molecule has 0 aliphatic carbocycles. The molecule has 0 spiro atoms. The normalized spacial score (nSPS) is 10.1. The number of non-ortho nitro benzene ring substituents is 1. The number of likely N-dealkylation sites (N-methyl/N-ethyl adjacent to an activating group) is 1. The highest BCUT2D eigenvalue weighted by molar-refractivity contribution is 5.77. The number of amides is 1. The van der Waals surface area contributed by atoms with Gasteiger partial charge in [0.15, 0.2) is 6.61 Å². The third-order valence-electron chi connectivity index (χ3n) is 2.73. The molecule has 0 aliphatic heterocycles. The number of carbonyl (C=O) groups excluding carboxylic acids is 1. The fraction of sp³-hybridized carbons (Fsp3) is 0.417. The van der Waals surface area contributed by atoms with Crippen molar-refractivity contribution < 1.29 is 14.5 Å². The molecule has 0 aliphatic rings. The zero-order valence-corrected chi connectivity index (χ0v) is 11.0. The van der Waals surface area contributed by atoms with Crippen molar-refractivity contribution >= 4 is 11.6 Å². The van der Waals surface area contributed by atoms with E-state index < -0.39 is 4.92 Å². The Balaban J connectivity index is 2.78. The van der Waals surface area contributed by atoms with E-state index in [4.69, 9.17) is 10.5 Å². The smallest absolute Gasteiger partial charge is 0.270 e. The second kappa shape index (κ2) is 6.69. The lowest BCUT2D eigenvalue weighted by Gasteiger charge is -2.15. The highest BCUT2D eigenvalue weighted by atomic mass is 16.6. The van der Waals surface area contributed by atoms with E-state index in [2.05, 4.69) is 0 Å². The van der Waals surface area contributed by atoms with Crippen LogP contribution in [0.4, 0.5) is 5.69 Å². The minimum atomic E-state index is -0.501. The molecule has 0 radical (unpaired) electrons. The number of ether oxygens (including phenoxy) is 1. The summed E-state index contributed by atoms with van der Waals surface area (Å²) < 4.78 is 5.35. The Morgan fingerprint density at radius 2 is 2.21 bits per heavy atom. The third-order valence-corrected chi connectivity index (χ3v) is 2.73. The first kappa shape index (κ1) is 14.9. The van der Waals surface area contributed by atoms with E-state index in [0.29, 0.717) is 17.9 Å². The predicted octanol–water partition coefficient (Wildman–Crippen LogP) is 0.911. The van der Waals surface area contributed by atoms with Crippen LogP contribution >= 0.6 is 0 Å². The van der Waals surface area contributed by atoms with Crippen molar-refractivity contribution in [1.29, 1.82) is 0 Å². The summed E-state index contributed by atoms with van der Waals surface area (Å²) in [4.78, 5) is 23.2. The standard InChI is InChI=1S/C12H17N3O4/c1-3-14(2)12(16)8-19-11-5-4-10(15(17)18)6-9(11)7-13/h4-6H,3,7-8,13H2,1-2H3. The van der Waals surface area contributed by atoms with Crippen LogP contribution in [0.5, 0.6) is 5.75 Å². The van der Waals surface area contributed by atoms with Gasteiger partial charge >= 0.3 is 0 Å². The van der Waals surface area contributed by atoms with Crippen LogP contribution in [0.1, 0.15) is 12.5 Å². The van der Waals surface area contributed by atoms with Crippen molar-refractivity contribution in [2.24, 2.45) is 5.73 Å². The molecule has 1 amide bonds. The molecule has 2 N–H and O–H groups in total. The van der Waals surface area contributed by atoms with Crippen molar-refractivity contribution in [3.05, 3.63) is 33.9 Å².